The van der Waals surface area contributed by atoms with Crippen LogP contribution in [0.2, 0.25) is 0 Å². The third-order valence-electron chi connectivity index (χ3n) is 3.30. The molecule has 2 aromatic rings. The van der Waals surface area contributed by atoms with Crippen molar-refractivity contribution in [1.82, 2.24) is 9.97 Å². The molecule has 1 aliphatic heterocycles. The minimum absolute atomic E-state index is 0.226. The first-order valence-corrected chi connectivity index (χ1v) is 7.73. The fourth-order valence-electron chi connectivity index (χ4n) is 2.10. The number of hydrogen-bond donors (Lipinski definition) is 1. The summed E-state index contributed by atoms with van der Waals surface area (Å²) >= 11 is 3.36. The van der Waals surface area contributed by atoms with Crippen molar-refractivity contribution in [2.75, 3.05) is 36.5 Å². The second kappa shape index (κ2) is 6.85. The molecule has 114 valence electrons. The lowest BCUT2D eigenvalue weighted by molar-refractivity contribution is 0.102. The SMILES string of the molecule is O=C(Nc1ccc(Br)cc1)c1cnc(N2CCOCC2)nc1. The van der Waals surface area contributed by atoms with Gasteiger partial charge in [0.2, 0.25) is 5.95 Å². The van der Waals surface area contributed by atoms with E-state index < -0.39 is 0 Å². The van der Waals surface area contributed by atoms with E-state index in [4.69, 9.17) is 4.74 Å². The number of nitrogens with zero attached hydrogens (tertiary/aromatic N) is 3. The smallest absolute Gasteiger partial charge is 0.258 e. The van der Waals surface area contributed by atoms with Gasteiger partial charge in [-0.3, -0.25) is 4.79 Å². The van der Waals surface area contributed by atoms with Crippen LogP contribution in [0.3, 0.4) is 0 Å². The number of rotatable bonds is 3. The molecule has 1 amide bonds. The molecule has 6 nitrogen and oxygen atoms in total. The average Bonchev–Trinajstić information content (AvgIpc) is 2.58. The van der Waals surface area contributed by atoms with Gasteiger partial charge in [0.25, 0.3) is 5.91 Å². The third kappa shape index (κ3) is 3.61. The zero-order chi connectivity index (χ0) is 15.4. The summed E-state index contributed by atoms with van der Waals surface area (Å²) in [5.41, 5.74) is 1.16. The van der Waals surface area contributed by atoms with E-state index in [9.17, 15) is 4.79 Å². The quantitative estimate of drug-likeness (QED) is 0.907. The van der Waals surface area contributed by atoms with E-state index >= 15 is 0 Å². The molecule has 22 heavy (non-hydrogen) atoms. The van der Waals surface area contributed by atoms with Crippen LogP contribution in [0.5, 0.6) is 0 Å². The maximum atomic E-state index is 12.2. The Morgan fingerprint density at radius 1 is 1.14 bits per heavy atom. The van der Waals surface area contributed by atoms with Crippen molar-refractivity contribution in [2.45, 2.75) is 0 Å². The molecule has 0 spiro atoms. The summed E-state index contributed by atoms with van der Waals surface area (Å²) < 4.78 is 6.25. The summed E-state index contributed by atoms with van der Waals surface area (Å²) in [4.78, 5) is 22.7. The minimum Gasteiger partial charge on any atom is -0.378 e. The van der Waals surface area contributed by atoms with Crippen molar-refractivity contribution in [2.24, 2.45) is 0 Å². The summed E-state index contributed by atoms with van der Waals surface area (Å²) in [6.45, 7) is 2.89. The van der Waals surface area contributed by atoms with Crippen molar-refractivity contribution < 1.29 is 9.53 Å². The number of carbonyl (C=O) groups excluding carboxylic acids is 1. The van der Waals surface area contributed by atoms with Crippen LogP contribution in [0.25, 0.3) is 0 Å². The third-order valence-corrected chi connectivity index (χ3v) is 3.83. The van der Waals surface area contributed by atoms with E-state index in [0.717, 1.165) is 23.2 Å². The van der Waals surface area contributed by atoms with E-state index in [1.54, 1.807) is 12.4 Å². The van der Waals surface area contributed by atoms with Crippen molar-refractivity contribution in [3.63, 3.8) is 0 Å². The maximum absolute atomic E-state index is 12.2. The van der Waals surface area contributed by atoms with Gasteiger partial charge in [-0.25, -0.2) is 9.97 Å². The number of nitrogens with one attached hydrogen (secondary N) is 1. The Labute approximate surface area is 136 Å². The van der Waals surface area contributed by atoms with Crippen molar-refractivity contribution in [1.29, 1.82) is 0 Å². The highest BCUT2D eigenvalue weighted by Crippen LogP contribution is 2.15. The molecule has 0 aliphatic carbocycles. The summed E-state index contributed by atoms with van der Waals surface area (Å²) in [6.07, 6.45) is 3.10. The first-order chi connectivity index (χ1) is 10.7. The lowest BCUT2D eigenvalue weighted by Crippen LogP contribution is -2.37. The molecular formula is C15H15BrN4O2. The Morgan fingerprint density at radius 3 is 2.41 bits per heavy atom. The zero-order valence-corrected chi connectivity index (χ0v) is 13.4. The fraction of sp³-hybridized carbons (Fsp3) is 0.267. The van der Waals surface area contributed by atoms with Gasteiger partial charge in [-0.2, -0.15) is 0 Å². The Hall–Kier alpha value is -1.99. The van der Waals surface area contributed by atoms with E-state index in [1.165, 1.54) is 0 Å². The lowest BCUT2D eigenvalue weighted by atomic mass is 10.3. The van der Waals surface area contributed by atoms with Gasteiger partial charge in [0.15, 0.2) is 0 Å². The van der Waals surface area contributed by atoms with Gasteiger partial charge in [-0.15, -0.1) is 0 Å². The van der Waals surface area contributed by atoms with Crippen LogP contribution in [0.4, 0.5) is 11.6 Å². The molecule has 1 aromatic carbocycles. The highest BCUT2D eigenvalue weighted by atomic mass is 79.9. The first-order valence-electron chi connectivity index (χ1n) is 6.94. The topological polar surface area (TPSA) is 67.4 Å². The van der Waals surface area contributed by atoms with E-state index in [-0.39, 0.29) is 5.91 Å². The standard InChI is InChI=1S/C15H15BrN4O2/c16-12-1-3-13(4-2-12)19-14(21)11-9-17-15(18-10-11)20-5-7-22-8-6-20/h1-4,9-10H,5-8H2,(H,19,21). The van der Waals surface area contributed by atoms with E-state index in [0.29, 0.717) is 24.7 Å². The van der Waals surface area contributed by atoms with Gasteiger partial charge in [0, 0.05) is 35.6 Å². The number of morpholine rings is 1. The summed E-state index contributed by atoms with van der Waals surface area (Å²) in [7, 11) is 0. The zero-order valence-electron chi connectivity index (χ0n) is 11.8. The number of hydrogen-bond acceptors (Lipinski definition) is 5. The molecule has 1 fully saturated rings. The number of anilines is 2. The Morgan fingerprint density at radius 2 is 1.77 bits per heavy atom. The molecule has 1 N–H and O–H groups in total. The molecular weight excluding hydrogens is 348 g/mol. The van der Waals surface area contributed by atoms with Crippen LogP contribution in [0, 0.1) is 0 Å². The molecule has 1 aromatic heterocycles. The van der Waals surface area contributed by atoms with Crippen LogP contribution in [-0.2, 0) is 4.74 Å². The van der Waals surface area contributed by atoms with Crippen molar-refractivity contribution in [3.8, 4) is 0 Å². The first kappa shape index (κ1) is 14.9. The molecule has 2 heterocycles. The molecule has 0 radical (unpaired) electrons. The van der Waals surface area contributed by atoms with Gasteiger partial charge in [0.05, 0.1) is 18.8 Å². The number of carbonyl (C=O) groups is 1. The van der Waals surface area contributed by atoms with Crippen molar-refractivity contribution >= 4 is 33.5 Å². The number of halogens is 1. The molecule has 0 bridgehead atoms. The molecule has 0 atom stereocenters. The Bertz CT molecular complexity index is 640. The van der Waals surface area contributed by atoms with Crippen LogP contribution in [-0.4, -0.2) is 42.2 Å². The summed E-state index contributed by atoms with van der Waals surface area (Å²) in [5, 5.41) is 2.81. The lowest BCUT2D eigenvalue weighted by Gasteiger charge is -2.26. The molecule has 1 aliphatic rings. The monoisotopic (exact) mass is 362 g/mol. The van der Waals surface area contributed by atoms with Crippen LogP contribution in [0.1, 0.15) is 10.4 Å². The fourth-order valence-corrected chi connectivity index (χ4v) is 2.37. The van der Waals surface area contributed by atoms with Crippen LogP contribution >= 0.6 is 15.9 Å². The number of amides is 1. The van der Waals surface area contributed by atoms with Gasteiger partial charge < -0.3 is 15.0 Å². The minimum atomic E-state index is -0.226. The highest BCUT2D eigenvalue weighted by molar-refractivity contribution is 9.10. The summed E-state index contributed by atoms with van der Waals surface area (Å²) in [6, 6.07) is 7.39. The van der Waals surface area contributed by atoms with Gasteiger partial charge in [-0.1, -0.05) is 15.9 Å². The van der Waals surface area contributed by atoms with E-state index in [1.807, 2.05) is 29.2 Å². The Balaban J connectivity index is 1.66. The number of ether oxygens (including phenoxy) is 1. The summed E-state index contributed by atoms with van der Waals surface area (Å²) in [5.74, 6) is 0.402. The predicted octanol–water partition coefficient (Wildman–Crippen LogP) is 2.33. The number of aromatic nitrogens is 2. The van der Waals surface area contributed by atoms with Crippen molar-refractivity contribution in [3.05, 3.63) is 46.7 Å². The van der Waals surface area contributed by atoms with Gasteiger partial charge in [0.1, 0.15) is 0 Å². The van der Waals surface area contributed by atoms with Gasteiger partial charge >= 0.3 is 0 Å². The highest BCUT2D eigenvalue weighted by Gasteiger charge is 2.14. The average molecular weight is 363 g/mol. The second-order valence-corrected chi connectivity index (χ2v) is 5.75. The molecule has 0 unspecified atom stereocenters. The molecule has 1 saturated heterocycles. The molecule has 3 rings (SSSR count). The van der Waals surface area contributed by atoms with Crippen LogP contribution < -0.4 is 10.2 Å². The molecule has 0 saturated carbocycles. The normalized spacial score (nSPS) is 14.7. The second-order valence-electron chi connectivity index (χ2n) is 4.83. The van der Waals surface area contributed by atoms with Crippen LogP contribution in [0.15, 0.2) is 41.1 Å². The maximum Gasteiger partial charge on any atom is 0.258 e. The Kier molecular flexibility index (Phi) is 4.65. The largest absolute Gasteiger partial charge is 0.378 e. The van der Waals surface area contributed by atoms with E-state index in [2.05, 4.69) is 31.2 Å². The number of benzene rings is 1. The predicted molar refractivity (Wildman–Crippen MR) is 87.2 cm³/mol. The van der Waals surface area contributed by atoms with Gasteiger partial charge in [-0.05, 0) is 24.3 Å². The molecule has 7 heteroatoms.